The molecule has 174 valence electrons. The van der Waals surface area contributed by atoms with Gasteiger partial charge in [-0.2, -0.15) is 0 Å². The molecule has 3 rings (SSSR count). The summed E-state index contributed by atoms with van der Waals surface area (Å²) >= 11 is 0. The van der Waals surface area contributed by atoms with Crippen LogP contribution in [-0.2, 0) is 4.79 Å². The Morgan fingerprint density at radius 2 is 1.76 bits per heavy atom. The summed E-state index contributed by atoms with van der Waals surface area (Å²) in [5.74, 6) is -1.13. The summed E-state index contributed by atoms with van der Waals surface area (Å²) in [7, 11) is 4.32. The van der Waals surface area contributed by atoms with Crippen molar-refractivity contribution in [2.75, 3.05) is 26.6 Å². The molecule has 0 saturated carbocycles. The molecule has 2 N–H and O–H groups in total. The van der Waals surface area contributed by atoms with Crippen molar-refractivity contribution < 1.29 is 32.9 Å². The maximum absolute atomic E-state index is 13.5. The summed E-state index contributed by atoms with van der Waals surface area (Å²) in [6.45, 7) is 1.52. The molecule has 0 saturated heterocycles. The van der Waals surface area contributed by atoms with E-state index in [4.69, 9.17) is 18.6 Å². The van der Waals surface area contributed by atoms with E-state index in [1.54, 1.807) is 12.1 Å². The summed E-state index contributed by atoms with van der Waals surface area (Å²) in [6, 6.07) is 9.88. The van der Waals surface area contributed by atoms with Crippen LogP contribution in [0.25, 0.3) is 0 Å². The third-order valence-corrected chi connectivity index (χ3v) is 5.03. The van der Waals surface area contributed by atoms with Gasteiger partial charge in [-0.05, 0) is 42.8 Å². The molecule has 0 bridgehead atoms. The van der Waals surface area contributed by atoms with E-state index in [2.05, 4.69) is 5.32 Å². The van der Waals surface area contributed by atoms with Crippen LogP contribution in [0.15, 0.2) is 51.7 Å². The molecule has 0 aliphatic carbocycles. The molecule has 1 unspecified atom stereocenters. The largest absolute Gasteiger partial charge is 0.507 e. The predicted octanol–water partition coefficient (Wildman–Crippen LogP) is 3.98. The lowest BCUT2D eigenvalue weighted by Gasteiger charge is -2.21. The molecule has 0 spiro atoms. The van der Waals surface area contributed by atoms with Crippen LogP contribution in [0.3, 0.4) is 0 Å². The summed E-state index contributed by atoms with van der Waals surface area (Å²) in [5, 5.41) is 13.2. The minimum Gasteiger partial charge on any atom is -0.507 e. The highest BCUT2D eigenvalue weighted by atomic mass is 19.1. The first-order chi connectivity index (χ1) is 15.8. The van der Waals surface area contributed by atoms with Crippen molar-refractivity contribution in [3.8, 4) is 23.0 Å². The molecule has 0 aliphatic heterocycles. The quantitative estimate of drug-likeness (QED) is 0.527. The lowest BCUT2D eigenvalue weighted by atomic mass is 9.88. The number of benzene rings is 2. The van der Waals surface area contributed by atoms with Gasteiger partial charge in [0.15, 0.2) is 11.5 Å². The van der Waals surface area contributed by atoms with Gasteiger partial charge in [-0.25, -0.2) is 9.18 Å². The number of carbonyl (C=O) groups is 1. The van der Waals surface area contributed by atoms with Crippen molar-refractivity contribution in [3.63, 3.8) is 0 Å². The molecule has 1 aromatic heterocycles. The van der Waals surface area contributed by atoms with E-state index in [0.29, 0.717) is 22.8 Å². The van der Waals surface area contributed by atoms with Gasteiger partial charge in [0.05, 0.1) is 26.9 Å². The highest BCUT2D eigenvalue weighted by molar-refractivity contribution is 5.91. The van der Waals surface area contributed by atoms with E-state index in [0.717, 1.165) is 0 Å². The number of hydrogen-bond acceptors (Lipinski definition) is 7. The Bertz CT molecular complexity index is 1200. The lowest BCUT2D eigenvalue weighted by molar-refractivity contribution is -0.116. The van der Waals surface area contributed by atoms with Gasteiger partial charge in [0.1, 0.15) is 17.3 Å². The molecule has 1 atom stereocenters. The number of aromatic hydroxyl groups is 1. The van der Waals surface area contributed by atoms with Crippen molar-refractivity contribution in [2.24, 2.45) is 0 Å². The number of nitrogens with one attached hydrogen (secondary N) is 1. The first-order valence-electron chi connectivity index (χ1n) is 9.96. The van der Waals surface area contributed by atoms with E-state index in [1.807, 2.05) is 0 Å². The zero-order valence-electron chi connectivity index (χ0n) is 18.6. The van der Waals surface area contributed by atoms with Crippen LogP contribution in [0.4, 0.5) is 10.1 Å². The number of amides is 1. The second-order valence-corrected chi connectivity index (χ2v) is 7.22. The van der Waals surface area contributed by atoms with E-state index in [1.165, 1.54) is 58.6 Å². The molecule has 1 heterocycles. The first kappa shape index (κ1) is 23.6. The molecule has 2 aromatic carbocycles. The van der Waals surface area contributed by atoms with E-state index < -0.39 is 23.3 Å². The smallest absolute Gasteiger partial charge is 0.343 e. The second-order valence-electron chi connectivity index (χ2n) is 7.22. The van der Waals surface area contributed by atoms with Gasteiger partial charge < -0.3 is 29.1 Å². The van der Waals surface area contributed by atoms with Gasteiger partial charge in [0, 0.05) is 24.1 Å². The number of ether oxygens (including phenoxy) is 3. The van der Waals surface area contributed by atoms with Crippen LogP contribution in [0.5, 0.6) is 23.0 Å². The third-order valence-electron chi connectivity index (χ3n) is 5.03. The minimum absolute atomic E-state index is 0.107. The number of aryl methyl sites for hydroxylation is 1. The maximum Gasteiger partial charge on any atom is 0.343 e. The fourth-order valence-electron chi connectivity index (χ4n) is 3.58. The normalized spacial score (nSPS) is 11.5. The number of halogens is 1. The number of carbonyl (C=O) groups excluding carboxylic acids is 1. The van der Waals surface area contributed by atoms with Crippen LogP contribution in [0.1, 0.15) is 29.2 Å². The van der Waals surface area contributed by atoms with Crippen molar-refractivity contribution in [3.05, 3.63) is 75.6 Å². The fraction of sp³-hybridized carbons (Fsp3) is 0.250. The van der Waals surface area contributed by atoms with Gasteiger partial charge in [0.2, 0.25) is 11.7 Å². The molecule has 33 heavy (non-hydrogen) atoms. The van der Waals surface area contributed by atoms with Crippen molar-refractivity contribution in [1.29, 1.82) is 0 Å². The maximum atomic E-state index is 13.5. The molecular formula is C24H24FNO7. The fourth-order valence-corrected chi connectivity index (χ4v) is 3.58. The van der Waals surface area contributed by atoms with Gasteiger partial charge in [-0.15, -0.1) is 0 Å². The summed E-state index contributed by atoms with van der Waals surface area (Å²) in [4.78, 5) is 25.6. The van der Waals surface area contributed by atoms with Crippen LogP contribution in [0, 0.1) is 12.7 Å². The monoisotopic (exact) mass is 457 g/mol. The number of anilines is 1. The zero-order valence-corrected chi connectivity index (χ0v) is 18.6. The molecule has 8 nitrogen and oxygen atoms in total. The Balaban J connectivity index is 2.11. The zero-order chi connectivity index (χ0) is 24.1. The Kier molecular flexibility index (Phi) is 7.22. The molecule has 0 radical (unpaired) electrons. The molecule has 9 heteroatoms. The third kappa shape index (κ3) is 5.25. The van der Waals surface area contributed by atoms with Gasteiger partial charge in [0.25, 0.3) is 0 Å². The average Bonchev–Trinajstić information content (AvgIpc) is 2.76. The summed E-state index contributed by atoms with van der Waals surface area (Å²) in [6.07, 6.45) is -0.267. The number of hydrogen-bond donors (Lipinski definition) is 2. The van der Waals surface area contributed by atoms with Crippen molar-refractivity contribution >= 4 is 11.6 Å². The van der Waals surface area contributed by atoms with Crippen molar-refractivity contribution in [2.45, 2.75) is 19.3 Å². The van der Waals surface area contributed by atoms with Gasteiger partial charge >= 0.3 is 5.63 Å². The Labute approximate surface area is 189 Å². The Morgan fingerprint density at radius 3 is 2.30 bits per heavy atom. The highest BCUT2D eigenvalue weighted by Crippen LogP contribution is 2.43. The van der Waals surface area contributed by atoms with Crippen LogP contribution in [0.2, 0.25) is 0 Å². The first-order valence-corrected chi connectivity index (χ1v) is 9.96. The van der Waals surface area contributed by atoms with Crippen LogP contribution < -0.4 is 25.2 Å². The van der Waals surface area contributed by atoms with E-state index >= 15 is 0 Å². The summed E-state index contributed by atoms with van der Waals surface area (Å²) < 4.78 is 34.8. The minimum atomic E-state index is -0.941. The lowest BCUT2D eigenvalue weighted by Crippen LogP contribution is -2.21. The molecule has 0 fully saturated rings. The second kappa shape index (κ2) is 10.1. The predicted molar refractivity (Wildman–Crippen MR) is 119 cm³/mol. The molecule has 1 amide bonds. The molecule has 3 aromatic rings. The Hall–Kier alpha value is -4.01. The standard InChI is InChI=1S/C24H24FNO7/c1-13-8-18(27)22(24(29)33-13)17(12-21(28)26-16-7-5-6-15(25)11-16)14-9-19(30-2)23(32-4)20(10-14)31-3/h5-11,17,27H,12H2,1-4H3,(H,26,28). The van der Waals surface area contributed by atoms with Crippen LogP contribution >= 0.6 is 0 Å². The number of rotatable bonds is 8. The van der Waals surface area contributed by atoms with E-state index in [-0.39, 0.29) is 29.2 Å². The molecule has 0 aliphatic rings. The van der Waals surface area contributed by atoms with Crippen molar-refractivity contribution in [1.82, 2.24) is 0 Å². The number of methoxy groups -OCH3 is 3. The van der Waals surface area contributed by atoms with E-state index in [9.17, 15) is 19.1 Å². The summed E-state index contributed by atoms with van der Waals surface area (Å²) in [5.41, 5.74) is -0.205. The van der Waals surface area contributed by atoms with Crippen LogP contribution in [-0.4, -0.2) is 32.3 Å². The molecular weight excluding hydrogens is 433 g/mol. The SMILES string of the molecule is COc1cc(C(CC(=O)Nc2cccc(F)c2)c2c(O)cc(C)oc2=O)cc(OC)c1OC. The highest BCUT2D eigenvalue weighted by Gasteiger charge is 2.28. The van der Waals surface area contributed by atoms with Gasteiger partial charge in [-0.1, -0.05) is 6.07 Å². The topological polar surface area (TPSA) is 107 Å². The van der Waals surface area contributed by atoms with Gasteiger partial charge in [-0.3, -0.25) is 4.79 Å². The Morgan fingerprint density at radius 1 is 1.09 bits per heavy atom. The average molecular weight is 457 g/mol.